The number of nitrogen functional groups attached to an aromatic ring is 2. The van der Waals surface area contributed by atoms with Gasteiger partial charge in [-0.3, -0.25) is 0 Å². The lowest BCUT2D eigenvalue weighted by Gasteiger charge is -2.06. The lowest BCUT2D eigenvalue weighted by molar-refractivity contribution is 0.983. The Balaban J connectivity index is 0.00000364. The molecule has 7 N–H and O–H groups in total. The number of nitrogens with zero attached hydrogens (tertiary/aromatic N) is 3. The summed E-state index contributed by atoms with van der Waals surface area (Å²) in [6, 6.07) is 10.3. The van der Waals surface area contributed by atoms with Crippen LogP contribution in [0.25, 0.3) is 0 Å². The summed E-state index contributed by atoms with van der Waals surface area (Å²) in [6.07, 6.45) is 0. The van der Waals surface area contributed by atoms with Crippen molar-refractivity contribution in [2.75, 3.05) is 11.5 Å². The van der Waals surface area contributed by atoms with Gasteiger partial charge < -0.3 is 17.2 Å². The van der Waals surface area contributed by atoms with Crippen LogP contribution in [0.15, 0.2) is 51.7 Å². The molecule has 0 aliphatic heterocycles. The predicted molar refractivity (Wildman–Crippen MR) is 118 cm³/mol. The highest BCUT2D eigenvalue weighted by atomic mass is 35.5. The molecule has 10 heteroatoms. The molecule has 0 heterocycles. The van der Waals surface area contributed by atoms with Gasteiger partial charge in [0.25, 0.3) is 0 Å². The van der Waals surface area contributed by atoms with Crippen molar-refractivity contribution in [3.05, 3.63) is 57.6 Å². The number of guanidine groups is 1. The Hall–Kier alpha value is -2.48. The summed E-state index contributed by atoms with van der Waals surface area (Å²) in [7, 11) is 0. The third-order valence-corrected chi connectivity index (χ3v) is 3.92. The third kappa shape index (κ3) is 6.32. The standard InChI is InChI=1S/C17H19Cl2N7.ClH/c1-9(13-5-3-11(18)7-15(13)20)23-25-17(22)26-24-10(2)14-6-4-12(19)8-16(14)21;/h3-8H,20-21H2,1-2H3,(H3,22,25,26);1H. The Kier molecular flexibility index (Phi) is 8.36. The van der Waals surface area contributed by atoms with Gasteiger partial charge in [0.1, 0.15) is 0 Å². The predicted octanol–water partition coefficient (Wildman–Crippen LogP) is 3.63. The Morgan fingerprint density at radius 1 is 0.852 bits per heavy atom. The molecular weight excluding hydrogens is 409 g/mol. The topological polar surface area (TPSA) is 127 Å². The van der Waals surface area contributed by atoms with E-state index in [0.717, 1.165) is 11.1 Å². The molecule has 0 saturated heterocycles. The monoisotopic (exact) mass is 427 g/mol. The van der Waals surface area contributed by atoms with E-state index in [1.54, 1.807) is 50.2 Å². The summed E-state index contributed by atoms with van der Waals surface area (Å²) in [5.74, 6) is 0.0174. The molecule has 0 radical (unpaired) electrons. The fourth-order valence-corrected chi connectivity index (χ4v) is 2.49. The van der Waals surface area contributed by atoms with Gasteiger partial charge in [0.2, 0.25) is 5.96 Å². The Labute approximate surface area is 173 Å². The lowest BCUT2D eigenvalue weighted by atomic mass is 10.1. The van der Waals surface area contributed by atoms with Gasteiger partial charge >= 0.3 is 0 Å². The molecule has 0 bridgehead atoms. The number of hydrogen-bond acceptors (Lipinski definition) is 5. The van der Waals surface area contributed by atoms with Crippen LogP contribution in [0, 0.1) is 0 Å². The van der Waals surface area contributed by atoms with Crippen LogP contribution in [0.4, 0.5) is 11.4 Å². The fourth-order valence-electron chi connectivity index (χ4n) is 2.13. The summed E-state index contributed by atoms with van der Waals surface area (Å²) in [4.78, 5) is 0. The number of nitrogens with one attached hydrogen (secondary N) is 1. The van der Waals surface area contributed by atoms with E-state index in [-0.39, 0.29) is 18.4 Å². The van der Waals surface area contributed by atoms with E-state index in [1.165, 1.54) is 0 Å². The van der Waals surface area contributed by atoms with Crippen LogP contribution < -0.4 is 22.6 Å². The van der Waals surface area contributed by atoms with Crippen molar-refractivity contribution < 1.29 is 0 Å². The van der Waals surface area contributed by atoms with Gasteiger partial charge in [-0.2, -0.15) is 10.2 Å². The van der Waals surface area contributed by atoms with E-state index < -0.39 is 0 Å². The molecule has 7 nitrogen and oxygen atoms in total. The van der Waals surface area contributed by atoms with Crippen molar-refractivity contribution in [1.29, 1.82) is 0 Å². The maximum atomic E-state index is 5.92. The highest BCUT2D eigenvalue weighted by Gasteiger charge is 2.05. The van der Waals surface area contributed by atoms with Crippen LogP contribution in [-0.2, 0) is 0 Å². The number of nitrogens with two attached hydrogens (primary N) is 3. The van der Waals surface area contributed by atoms with E-state index in [1.807, 2.05) is 0 Å². The summed E-state index contributed by atoms with van der Waals surface area (Å²) >= 11 is 11.8. The largest absolute Gasteiger partial charge is 0.398 e. The summed E-state index contributed by atoms with van der Waals surface area (Å²) < 4.78 is 0. The number of benzene rings is 2. The minimum absolute atomic E-state index is 0. The minimum atomic E-state index is 0. The molecule has 0 unspecified atom stereocenters. The van der Waals surface area contributed by atoms with Gasteiger partial charge in [0, 0.05) is 32.5 Å². The average Bonchev–Trinajstić information content (AvgIpc) is 2.57. The van der Waals surface area contributed by atoms with Crippen molar-refractivity contribution >= 4 is 64.4 Å². The van der Waals surface area contributed by atoms with Crippen molar-refractivity contribution in [3.63, 3.8) is 0 Å². The highest BCUT2D eigenvalue weighted by Crippen LogP contribution is 2.19. The first kappa shape index (κ1) is 22.6. The van der Waals surface area contributed by atoms with Crippen molar-refractivity contribution in [2.24, 2.45) is 21.0 Å². The SMILES string of the molecule is CC(=N/N=C(/N)NN=C(C)c1ccc(Cl)cc1N)c1ccc(Cl)cc1N.Cl. The summed E-state index contributed by atoms with van der Waals surface area (Å²) in [6.45, 7) is 3.54. The van der Waals surface area contributed by atoms with Crippen LogP contribution in [0.1, 0.15) is 25.0 Å². The van der Waals surface area contributed by atoms with Crippen LogP contribution in [0.3, 0.4) is 0 Å². The van der Waals surface area contributed by atoms with Gasteiger partial charge in [-0.05, 0) is 50.2 Å². The van der Waals surface area contributed by atoms with Crippen LogP contribution >= 0.6 is 35.6 Å². The second-order valence-corrected chi connectivity index (χ2v) is 6.32. The van der Waals surface area contributed by atoms with Crippen molar-refractivity contribution in [2.45, 2.75) is 13.8 Å². The van der Waals surface area contributed by atoms with Crippen LogP contribution in [0.5, 0.6) is 0 Å². The van der Waals surface area contributed by atoms with Gasteiger partial charge in [-0.15, -0.1) is 17.5 Å². The van der Waals surface area contributed by atoms with Gasteiger partial charge in [0.05, 0.1) is 11.4 Å². The molecule has 0 saturated carbocycles. The molecule has 0 aliphatic carbocycles. The zero-order valence-electron chi connectivity index (χ0n) is 14.7. The second kappa shape index (κ2) is 10.0. The van der Waals surface area contributed by atoms with Gasteiger partial charge in [0.15, 0.2) is 0 Å². The molecule has 2 rings (SSSR count). The minimum Gasteiger partial charge on any atom is -0.398 e. The Bertz CT molecular complexity index is 907. The average molecular weight is 429 g/mol. The normalized spacial score (nSPS) is 12.5. The molecule has 0 amide bonds. The molecule has 0 fully saturated rings. The van der Waals surface area contributed by atoms with E-state index in [2.05, 4.69) is 20.7 Å². The zero-order chi connectivity index (χ0) is 19.3. The molecule has 2 aromatic rings. The van der Waals surface area contributed by atoms with E-state index in [9.17, 15) is 0 Å². The summed E-state index contributed by atoms with van der Waals surface area (Å²) in [5.41, 5.74) is 23.9. The van der Waals surface area contributed by atoms with E-state index in [0.29, 0.717) is 32.8 Å². The number of hydrogen-bond donors (Lipinski definition) is 4. The first-order chi connectivity index (χ1) is 12.3. The number of anilines is 2. The lowest BCUT2D eigenvalue weighted by Crippen LogP contribution is -2.28. The Morgan fingerprint density at radius 2 is 1.33 bits per heavy atom. The molecule has 0 aliphatic rings. The molecule has 2 aromatic carbocycles. The highest BCUT2D eigenvalue weighted by molar-refractivity contribution is 6.31. The summed E-state index contributed by atoms with van der Waals surface area (Å²) in [5, 5.41) is 13.2. The van der Waals surface area contributed by atoms with E-state index in [4.69, 9.17) is 40.4 Å². The molecule has 27 heavy (non-hydrogen) atoms. The zero-order valence-corrected chi connectivity index (χ0v) is 17.0. The van der Waals surface area contributed by atoms with Crippen LogP contribution in [-0.4, -0.2) is 17.4 Å². The molecule has 144 valence electrons. The number of rotatable bonds is 4. The first-order valence-corrected chi connectivity index (χ1v) is 8.32. The quantitative estimate of drug-likeness (QED) is 0.256. The first-order valence-electron chi connectivity index (χ1n) is 7.56. The maximum absolute atomic E-state index is 5.92. The third-order valence-electron chi connectivity index (χ3n) is 3.45. The smallest absolute Gasteiger partial charge is 0.234 e. The van der Waals surface area contributed by atoms with Crippen LogP contribution in [0.2, 0.25) is 10.0 Å². The maximum Gasteiger partial charge on any atom is 0.234 e. The Morgan fingerprint density at radius 3 is 1.81 bits per heavy atom. The van der Waals surface area contributed by atoms with Gasteiger partial charge in [-0.1, -0.05) is 23.2 Å². The number of halogens is 3. The van der Waals surface area contributed by atoms with Gasteiger partial charge in [-0.25, -0.2) is 5.43 Å². The second-order valence-electron chi connectivity index (χ2n) is 5.44. The van der Waals surface area contributed by atoms with Crippen molar-refractivity contribution in [1.82, 2.24) is 5.43 Å². The molecule has 0 aromatic heterocycles. The van der Waals surface area contributed by atoms with E-state index >= 15 is 0 Å². The molecule has 0 atom stereocenters. The van der Waals surface area contributed by atoms with Crippen molar-refractivity contribution in [3.8, 4) is 0 Å². The fraction of sp³-hybridized carbons (Fsp3) is 0.118. The number of hydrazone groups is 1. The molecule has 0 spiro atoms. The molecular formula is C17H20Cl3N7.